The van der Waals surface area contributed by atoms with Crippen molar-refractivity contribution in [3.05, 3.63) is 185 Å². The van der Waals surface area contributed by atoms with Crippen LogP contribution in [0.3, 0.4) is 0 Å². The minimum Gasteiger partial charge on any atom is -0.311 e. The zero-order chi connectivity index (χ0) is 40.0. The third-order valence-electron chi connectivity index (χ3n) is 13.9. The van der Waals surface area contributed by atoms with Crippen molar-refractivity contribution in [1.82, 2.24) is 0 Å². The van der Waals surface area contributed by atoms with E-state index in [4.69, 9.17) is 0 Å². The van der Waals surface area contributed by atoms with Crippen LogP contribution in [0.4, 0.5) is 34.1 Å². The number of aryl methyl sites for hydroxylation is 5. The van der Waals surface area contributed by atoms with Crippen molar-refractivity contribution in [2.24, 2.45) is 11.8 Å². The van der Waals surface area contributed by atoms with E-state index < -0.39 is 0 Å². The molecule has 0 N–H and O–H groups in total. The molecule has 0 amide bonds. The van der Waals surface area contributed by atoms with Crippen molar-refractivity contribution in [2.45, 2.75) is 103 Å². The summed E-state index contributed by atoms with van der Waals surface area (Å²) in [6.45, 7) is 15.1. The van der Waals surface area contributed by atoms with Gasteiger partial charge in [0.1, 0.15) is 0 Å². The minimum absolute atomic E-state index is 0.249. The second kappa shape index (κ2) is 15.4. The van der Waals surface area contributed by atoms with Gasteiger partial charge in [0.2, 0.25) is 0 Å². The Balaban J connectivity index is 1.08. The lowest BCUT2D eigenvalue weighted by atomic mass is 9.42. The van der Waals surface area contributed by atoms with Gasteiger partial charge in [0.25, 0.3) is 0 Å². The molecule has 2 heteroatoms. The molecule has 0 heterocycles. The predicted octanol–water partition coefficient (Wildman–Crippen LogP) is 15.6. The minimum atomic E-state index is 0.249. The fraction of sp³-hybridized carbons (Fsp3) is 0.321. The first-order valence-electron chi connectivity index (χ1n) is 21.9. The molecule has 4 fully saturated rings. The molecule has 4 saturated carbocycles. The third kappa shape index (κ3) is 7.32. The Morgan fingerprint density at radius 2 is 0.897 bits per heavy atom. The first-order chi connectivity index (χ1) is 28.1. The van der Waals surface area contributed by atoms with Gasteiger partial charge in [-0.15, -0.1) is 0 Å². The molecule has 0 radical (unpaired) electrons. The molecule has 0 saturated heterocycles. The van der Waals surface area contributed by atoms with E-state index in [1.807, 2.05) is 6.08 Å². The fourth-order valence-corrected chi connectivity index (χ4v) is 11.9. The van der Waals surface area contributed by atoms with E-state index in [0.717, 1.165) is 29.6 Å². The zero-order valence-corrected chi connectivity index (χ0v) is 35.4. The van der Waals surface area contributed by atoms with Crippen LogP contribution in [0.15, 0.2) is 140 Å². The van der Waals surface area contributed by atoms with Gasteiger partial charge in [-0.05, 0) is 219 Å². The Morgan fingerprint density at radius 3 is 1.31 bits per heavy atom. The molecule has 6 aromatic carbocycles. The SMILES string of the molecule is C=Cc1ccc(C23CC4CC(C2)CC(c2ccc(N(c5ccc(CCCC)cc5)c5ccc(N(c6cc(C)cc(C)c6)c6cc(C)cc(C)c6)cc5)cc2)(C4)C3)cc1. The second-order valence-corrected chi connectivity index (χ2v) is 18.5. The maximum absolute atomic E-state index is 4.01. The van der Waals surface area contributed by atoms with Gasteiger partial charge >= 0.3 is 0 Å². The summed E-state index contributed by atoms with van der Waals surface area (Å²) in [5.74, 6) is 1.63. The molecule has 0 aliphatic heterocycles. The second-order valence-electron chi connectivity index (χ2n) is 18.5. The number of unbranched alkanes of at least 4 members (excludes halogenated alkanes) is 1. The van der Waals surface area contributed by atoms with Crippen LogP contribution in [0.25, 0.3) is 6.08 Å². The van der Waals surface area contributed by atoms with Gasteiger partial charge in [-0.3, -0.25) is 0 Å². The van der Waals surface area contributed by atoms with Crippen LogP contribution >= 0.6 is 0 Å². The first kappa shape index (κ1) is 38.2. The Labute approximate surface area is 348 Å². The summed E-state index contributed by atoms with van der Waals surface area (Å²) in [5, 5.41) is 0. The Morgan fingerprint density at radius 1 is 0.517 bits per heavy atom. The summed E-state index contributed by atoms with van der Waals surface area (Å²) < 4.78 is 0. The van der Waals surface area contributed by atoms with Crippen LogP contribution in [0.2, 0.25) is 0 Å². The highest BCUT2D eigenvalue weighted by molar-refractivity contribution is 5.82. The number of benzene rings is 6. The van der Waals surface area contributed by atoms with Crippen molar-refractivity contribution in [3.63, 3.8) is 0 Å². The van der Waals surface area contributed by atoms with E-state index in [1.54, 1.807) is 11.1 Å². The Hall–Kier alpha value is -5.34. The zero-order valence-electron chi connectivity index (χ0n) is 35.4. The molecule has 4 bridgehead atoms. The van der Waals surface area contributed by atoms with Gasteiger partial charge in [0, 0.05) is 34.1 Å². The summed E-state index contributed by atoms with van der Waals surface area (Å²) in [7, 11) is 0. The topological polar surface area (TPSA) is 6.48 Å². The van der Waals surface area contributed by atoms with Crippen molar-refractivity contribution < 1.29 is 0 Å². The maximum atomic E-state index is 4.01. The van der Waals surface area contributed by atoms with Crippen molar-refractivity contribution in [1.29, 1.82) is 0 Å². The van der Waals surface area contributed by atoms with Crippen molar-refractivity contribution in [2.75, 3.05) is 9.80 Å². The van der Waals surface area contributed by atoms with Crippen LogP contribution in [-0.4, -0.2) is 0 Å². The lowest BCUT2D eigenvalue weighted by Gasteiger charge is -2.63. The van der Waals surface area contributed by atoms with E-state index in [1.165, 1.54) is 107 Å². The van der Waals surface area contributed by atoms with Gasteiger partial charge < -0.3 is 9.80 Å². The lowest BCUT2D eigenvalue weighted by Crippen LogP contribution is -2.55. The largest absolute Gasteiger partial charge is 0.311 e. The molecule has 2 nitrogen and oxygen atoms in total. The quantitative estimate of drug-likeness (QED) is 0.123. The van der Waals surface area contributed by atoms with E-state index >= 15 is 0 Å². The molecule has 294 valence electrons. The fourth-order valence-electron chi connectivity index (χ4n) is 11.9. The average Bonchev–Trinajstić information content (AvgIpc) is 3.20. The van der Waals surface area contributed by atoms with Crippen LogP contribution in [-0.2, 0) is 17.3 Å². The standard InChI is InChI=1S/C56H60N2/c1-7-9-10-44-13-19-49(20-14-44)57(51-23-25-52(26-24-51)58(53-29-39(3)27-40(4)30-53)54-31-41(5)28-42(6)32-54)50-21-17-48(18-22-50)56-36-45-33-46(37-56)35-55(34-45,38-56)47-15-11-43(8-2)12-16-47/h8,11-32,45-46H,2,7,9-10,33-38H2,1,3-6H3. The molecule has 0 aromatic heterocycles. The van der Waals surface area contributed by atoms with E-state index in [-0.39, 0.29) is 10.8 Å². The van der Waals surface area contributed by atoms with Gasteiger partial charge in [-0.25, -0.2) is 0 Å². The normalized spacial score (nSPS) is 21.9. The highest BCUT2D eigenvalue weighted by Gasteiger charge is 2.58. The summed E-state index contributed by atoms with van der Waals surface area (Å²) in [6.07, 6.45) is 13.5. The Bertz CT molecular complexity index is 2290. The first-order valence-corrected chi connectivity index (χ1v) is 21.9. The molecule has 10 rings (SSSR count). The molecule has 4 aliphatic rings. The smallest absolute Gasteiger partial charge is 0.0466 e. The monoisotopic (exact) mass is 760 g/mol. The molecular weight excluding hydrogens is 701 g/mol. The maximum Gasteiger partial charge on any atom is 0.0466 e. The van der Waals surface area contributed by atoms with E-state index in [9.17, 15) is 0 Å². The van der Waals surface area contributed by atoms with Crippen LogP contribution in [0.1, 0.15) is 103 Å². The van der Waals surface area contributed by atoms with Gasteiger partial charge in [0.15, 0.2) is 0 Å². The molecule has 0 spiro atoms. The lowest BCUT2D eigenvalue weighted by molar-refractivity contribution is -0.0281. The molecule has 58 heavy (non-hydrogen) atoms. The van der Waals surface area contributed by atoms with Crippen LogP contribution in [0.5, 0.6) is 0 Å². The molecule has 2 atom stereocenters. The highest BCUT2D eigenvalue weighted by Crippen LogP contribution is 2.66. The highest BCUT2D eigenvalue weighted by atomic mass is 15.2. The van der Waals surface area contributed by atoms with Crippen LogP contribution < -0.4 is 9.80 Å². The Kier molecular flexibility index (Phi) is 10.2. The van der Waals surface area contributed by atoms with Gasteiger partial charge in [0.05, 0.1) is 0 Å². The number of nitrogens with zero attached hydrogens (tertiary/aromatic N) is 2. The van der Waals surface area contributed by atoms with Crippen molar-refractivity contribution >= 4 is 40.2 Å². The number of rotatable bonds is 12. The van der Waals surface area contributed by atoms with Gasteiger partial charge in [-0.2, -0.15) is 0 Å². The van der Waals surface area contributed by atoms with Crippen LogP contribution in [0, 0.1) is 39.5 Å². The summed E-state index contributed by atoms with van der Waals surface area (Å²) >= 11 is 0. The van der Waals surface area contributed by atoms with Gasteiger partial charge in [-0.1, -0.05) is 86.7 Å². The summed E-state index contributed by atoms with van der Waals surface area (Å²) in [5.41, 5.74) is 18.4. The van der Waals surface area contributed by atoms with Crippen molar-refractivity contribution in [3.8, 4) is 0 Å². The number of hydrogen-bond donors (Lipinski definition) is 0. The molecule has 6 aromatic rings. The number of hydrogen-bond acceptors (Lipinski definition) is 2. The summed E-state index contributed by atoms with van der Waals surface area (Å²) in [6, 6.07) is 51.5. The molecular formula is C56H60N2. The third-order valence-corrected chi connectivity index (χ3v) is 13.9. The predicted molar refractivity (Wildman–Crippen MR) is 248 cm³/mol. The average molecular weight is 761 g/mol. The number of anilines is 6. The molecule has 4 aliphatic carbocycles. The summed E-state index contributed by atoms with van der Waals surface area (Å²) in [4.78, 5) is 4.87. The van der Waals surface area contributed by atoms with E-state index in [0.29, 0.717) is 0 Å². The van der Waals surface area contributed by atoms with E-state index in [2.05, 4.69) is 184 Å². The molecule has 2 unspecified atom stereocenters.